The number of rotatable bonds is 5. The van der Waals surface area contributed by atoms with Gasteiger partial charge in [-0.2, -0.15) is 0 Å². The normalized spacial score (nSPS) is 10.3. The lowest BCUT2D eigenvalue weighted by molar-refractivity contribution is 0.102. The summed E-state index contributed by atoms with van der Waals surface area (Å²) < 4.78 is 0. The van der Waals surface area contributed by atoms with Crippen LogP contribution in [0.5, 0.6) is 0 Å². The van der Waals surface area contributed by atoms with Gasteiger partial charge in [0.1, 0.15) is 0 Å². The van der Waals surface area contributed by atoms with Gasteiger partial charge < -0.3 is 16.2 Å². The molecular weight excluding hydrogens is 374 g/mol. The van der Waals surface area contributed by atoms with Crippen LogP contribution in [0.1, 0.15) is 10.4 Å². The van der Waals surface area contributed by atoms with Crippen LogP contribution in [0.2, 0.25) is 0 Å². The third-order valence-corrected chi connectivity index (χ3v) is 4.87. The zero-order valence-corrected chi connectivity index (χ0v) is 15.9. The Bertz CT molecular complexity index is 1000. The van der Waals surface area contributed by atoms with Crippen molar-refractivity contribution in [3.05, 3.63) is 72.3 Å². The lowest BCUT2D eigenvalue weighted by Crippen LogP contribution is -2.13. The van der Waals surface area contributed by atoms with Gasteiger partial charge in [0.05, 0.1) is 11.4 Å². The summed E-state index contributed by atoms with van der Waals surface area (Å²) in [6.07, 6.45) is 0.864. The van der Waals surface area contributed by atoms with Gasteiger partial charge in [-0.15, -0.1) is 11.8 Å². The van der Waals surface area contributed by atoms with Gasteiger partial charge in [0, 0.05) is 16.1 Å². The van der Waals surface area contributed by atoms with E-state index in [2.05, 4.69) is 10.6 Å². The van der Waals surface area contributed by atoms with E-state index in [1.54, 1.807) is 30.0 Å². The number of carboxylic acid groups (broad SMARTS) is 1. The smallest absolute Gasteiger partial charge is 0.409 e. The second-order valence-corrected chi connectivity index (χ2v) is 6.87. The maximum atomic E-state index is 12.5. The molecule has 5 N–H and O–H groups in total. The largest absolute Gasteiger partial charge is 0.465 e. The first-order valence-electron chi connectivity index (χ1n) is 8.41. The number of carbonyl (C=O) groups is 2. The van der Waals surface area contributed by atoms with Crippen molar-refractivity contribution in [2.45, 2.75) is 4.90 Å². The summed E-state index contributed by atoms with van der Waals surface area (Å²) in [5.74, 6) is -0.330. The summed E-state index contributed by atoms with van der Waals surface area (Å²) in [5.41, 5.74) is 9.75. The lowest BCUT2D eigenvalue weighted by Gasteiger charge is -2.11. The van der Waals surface area contributed by atoms with Crippen molar-refractivity contribution in [3.63, 3.8) is 0 Å². The molecule has 0 aliphatic carbocycles. The van der Waals surface area contributed by atoms with E-state index >= 15 is 0 Å². The number of nitrogens with one attached hydrogen (secondary N) is 2. The van der Waals surface area contributed by atoms with Crippen molar-refractivity contribution < 1.29 is 14.7 Å². The fourth-order valence-corrected chi connectivity index (χ4v) is 3.06. The molecule has 142 valence electrons. The first-order valence-corrected chi connectivity index (χ1v) is 9.64. The van der Waals surface area contributed by atoms with E-state index < -0.39 is 6.09 Å². The summed E-state index contributed by atoms with van der Waals surface area (Å²) in [5, 5.41) is 13.8. The standard InChI is InChI=1S/C21H19N3O3S/c1-28-17-9-4-13(5-10-17)15-6-11-18(22)19(12-15)24-20(25)14-2-7-16(8-3-14)23-21(26)27/h2-12,23H,22H2,1H3,(H,24,25)(H,26,27). The average Bonchev–Trinajstić information content (AvgIpc) is 2.70. The Morgan fingerprint density at radius 2 is 1.54 bits per heavy atom. The van der Waals surface area contributed by atoms with Crippen LogP contribution in [0.15, 0.2) is 71.6 Å². The van der Waals surface area contributed by atoms with E-state index in [1.165, 1.54) is 17.0 Å². The zero-order valence-electron chi connectivity index (χ0n) is 15.1. The van der Waals surface area contributed by atoms with E-state index in [0.717, 1.165) is 11.1 Å². The number of anilines is 3. The van der Waals surface area contributed by atoms with Gasteiger partial charge in [-0.05, 0) is 65.9 Å². The molecule has 0 aromatic heterocycles. The minimum atomic E-state index is -1.16. The predicted octanol–water partition coefficient (Wildman–Crippen LogP) is 5.00. The predicted molar refractivity (Wildman–Crippen MR) is 114 cm³/mol. The molecule has 6 nitrogen and oxygen atoms in total. The molecule has 0 saturated heterocycles. The third kappa shape index (κ3) is 4.63. The highest BCUT2D eigenvalue weighted by Gasteiger charge is 2.10. The highest BCUT2D eigenvalue weighted by atomic mass is 32.2. The van der Waals surface area contributed by atoms with Crippen LogP contribution in [0, 0.1) is 0 Å². The van der Waals surface area contributed by atoms with Crippen LogP contribution in [0.25, 0.3) is 11.1 Å². The van der Waals surface area contributed by atoms with Crippen LogP contribution in [-0.4, -0.2) is 23.4 Å². The SMILES string of the molecule is CSc1ccc(-c2ccc(N)c(NC(=O)c3ccc(NC(=O)O)cc3)c2)cc1. The van der Waals surface area contributed by atoms with Gasteiger partial charge in [-0.1, -0.05) is 18.2 Å². The zero-order chi connectivity index (χ0) is 20.1. The Morgan fingerprint density at radius 1 is 0.893 bits per heavy atom. The molecule has 3 aromatic rings. The Balaban J connectivity index is 1.79. The summed E-state index contributed by atoms with van der Waals surface area (Å²) in [4.78, 5) is 24.3. The van der Waals surface area contributed by atoms with Crippen molar-refractivity contribution in [2.24, 2.45) is 0 Å². The van der Waals surface area contributed by atoms with Gasteiger partial charge in [0.2, 0.25) is 0 Å². The van der Waals surface area contributed by atoms with E-state index in [4.69, 9.17) is 10.8 Å². The minimum absolute atomic E-state index is 0.330. The van der Waals surface area contributed by atoms with E-state index in [1.807, 2.05) is 42.7 Å². The summed E-state index contributed by atoms with van der Waals surface area (Å²) in [6, 6.07) is 19.8. The van der Waals surface area contributed by atoms with Gasteiger partial charge in [-0.3, -0.25) is 10.1 Å². The summed E-state index contributed by atoms with van der Waals surface area (Å²) in [6.45, 7) is 0. The fraction of sp³-hybridized carbons (Fsp3) is 0.0476. The van der Waals surface area contributed by atoms with Crippen LogP contribution in [0.4, 0.5) is 21.9 Å². The number of nitrogen functional groups attached to an aromatic ring is 1. The molecule has 3 aromatic carbocycles. The number of hydrogen-bond donors (Lipinski definition) is 4. The Labute approximate surface area is 166 Å². The number of benzene rings is 3. The summed E-state index contributed by atoms with van der Waals surface area (Å²) in [7, 11) is 0. The molecule has 0 aliphatic heterocycles. The second-order valence-electron chi connectivity index (χ2n) is 5.99. The van der Waals surface area contributed by atoms with Crippen LogP contribution in [-0.2, 0) is 0 Å². The highest BCUT2D eigenvalue weighted by Crippen LogP contribution is 2.29. The molecule has 0 saturated carbocycles. The van der Waals surface area contributed by atoms with E-state index in [-0.39, 0.29) is 5.91 Å². The summed E-state index contributed by atoms with van der Waals surface area (Å²) >= 11 is 1.67. The molecule has 0 atom stereocenters. The number of amides is 2. The molecule has 2 amide bonds. The third-order valence-electron chi connectivity index (χ3n) is 4.12. The second kappa shape index (κ2) is 8.49. The lowest BCUT2D eigenvalue weighted by atomic mass is 10.0. The van der Waals surface area contributed by atoms with Crippen LogP contribution < -0.4 is 16.4 Å². The number of carbonyl (C=O) groups excluding carboxylic acids is 1. The quantitative estimate of drug-likeness (QED) is 0.361. The first-order chi connectivity index (χ1) is 13.5. The Hall–Kier alpha value is -3.45. The van der Waals surface area contributed by atoms with Gasteiger partial charge in [0.25, 0.3) is 5.91 Å². The highest BCUT2D eigenvalue weighted by molar-refractivity contribution is 7.98. The first kappa shape index (κ1) is 19.3. The molecule has 0 radical (unpaired) electrons. The van der Waals surface area contributed by atoms with Crippen molar-refractivity contribution in [3.8, 4) is 11.1 Å². The Morgan fingerprint density at radius 3 is 2.14 bits per heavy atom. The number of thioether (sulfide) groups is 1. The van der Waals surface area contributed by atoms with Gasteiger partial charge in [0.15, 0.2) is 0 Å². The van der Waals surface area contributed by atoms with E-state index in [0.29, 0.717) is 22.6 Å². The molecule has 0 bridgehead atoms. The fourth-order valence-electron chi connectivity index (χ4n) is 2.65. The molecule has 0 spiro atoms. The maximum absolute atomic E-state index is 12.5. The monoisotopic (exact) mass is 393 g/mol. The molecule has 0 unspecified atom stereocenters. The average molecular weight is 393 g/mol. The number of hydrogen-bond acceptors (Lipinski definition) is 4. The van der Waals surface area contributed by atoms with Crippen molar-refractivity contribution >= 4 is 40.8 Å². The van der Waals surface area contributed by atoms with Gasteiger partial charge in [-0.25, -0.2) is 4.79 Å². The van der Waals surface area contributed by atoms with Gasteiger partial charge >= 0.3 is 6.09 Å². The van der Waals surface area contributed by atoms with E-state index in [9.17, 15) is 9.59 Å². The maximum Gasteiger partial charge on any atom is 0.409 e. The molecule has 28 heavy (non-hydrogen) atoms. The van der Waals surface area contributed by atoms with Crippen LogP contribution >= 0.6 is 11.8 Å². The topological polar surface area (TPSA) is 104 Å². The molecule has 7 heteroatoms. The molecular formula is C21H19N3O3S. The molecule has 0 fully saturated rings. The molecule has 3 rings (SSSR count). The van der Waals surface area contributed by atoms with Crippen molar-refractivity contribution in [1.29, 1.82) is 0 Å². The van der Waals surface area contributed by atoms with Crippen molar-refractivity contribution in [2.75, 3.05) is 22.6 Å². The number of nitrogens with two attached hydrogens (primary N) is 1. The van der Waals surface area contributed by atoms with Crippen molar-refractivity contribution in [1.82, 2.24) is 0 Å². The molecule has 0 aliphatic rings. The minimum Gasteiger partial charge on any atom is -0.465 e. The van der Waals surface area contributed by atoms with Crippen LogP contribution in [0.3, 0.4) is 0 Å². The Kier molecular flexibility index (Phi) is 5.86. The molecule has 0 heterocycles.